The van der Waals surface area contributed by atoms with Gasteiger partial charge in [-0.05, 0) is 23.4 Å². The number of thiophene rings is 1. The van der Waals surface area contributed by atoms with Crippen LogP contribution < -0.4 is 10.5 Å². The van der Waals surface area contributed by atoms with Gasteiger partial charge in [-0.15, -0.1) is 11.3 Å². The van der Waals surface area contributed by atoms with Crippen LogP contribution in [0.25, 0.3) is 0 Å². The van der Waals surface area contributed by atoms with Crippen molar-refractivity contribution >= 4 is 21.4 Å². The highest BCUT2D eigenvalue weighted by molar-refractivity contribution is 7.91. The quantitative estimate of drug-likeness (QED) is 0.704. The molecule has 0 radical (unpaired) electrons. The summed E-state index contributed by atoms with van der Waals surface area (Å²) in [5, 5.41) is 1.75. The Kier molecular flexibility index (Phi) is 5.36. The zero-order chi connectivity index (χ0) is 12.0. The zero-order valence-corrected chi connectivity index (χ0v) is 10.7. The fourth-order valence-electron chi connectivity index (χ4n) is 1.10. The maximum atomic E-state index is 11.7. The van der Waals surface area contributed by atoms with E-state index in [1.807, 2.05) is 0 Å². The molecule has 5 nitrogen and oxygen atoms in total. The van der Waals surface area contributed by atoms with Crippen molar-refractivity contribution in [2.45, 2.75) is 17.2 Å². The summed E-state index contributed by atoms with van der Waals surface area (Å²) in [6.45, 7) is 1.28. The molecule has 16 heavy (non-hydrogen) atoms. The van der Waals surface area contributed by atoms with E-state index in [4.69, 9.17) is 10.5 Å². The van der Waals surface area contributed by atoms with Crippen LogP contribution in [0.4, 0.5) is 0 Å². The van der Waals surface area contributed by atoms with Gasteiger partial charge >= 0.3 is 0 Å². The Morgan fingerprint density at radius 1 is 1.56 bits per heavy atom. The second-order valence-corrected chi connectivity index (χ2v) is 6.13. The molecule has 0 aliphatic heterocycles. The molecule has 1 heterocycles. The molecule has 3 N–H and O–H groups in total. The first kappa shape index (κ1) is 13.6. The van der Waals surface area contributed by atoms with Crippen LogP contribution in [-0.2, 0) is 21.3 Å². The molecule has 0 fully saturated rings. The van der Waals surface area contributed by atoms with Gasteiger partial charge in [0.15, 0.2) is 0 Å². The molecule has 0 bridgehead atoms. The molecule has 1 rings (SSSR count). The number of nitrogens with one attached hydrogen (secondary N) is 1. The molecule has 0 spiro atoms. The van der Waals surface area contributed by atoms with Gasteiger partial charge in [0.1, 0.15) is 4.21 Å². The van der Waals surface area contributed by atoms with E-state index >= 15 is 0 Å². The molecule has 0 atom stereocenters. The van der Waals surface area contributed by atoms with Crippen LogP contribution >= 0.6 is 11.3 Å². The minimum Gasteiger partial charge on any atom is -0.385 e. The van der Waals surface area contributed by atoms with E-state index in [1.54, 1.807) is 18.6 Å². The molecule has 0 aliphatic carbocycles. The summed E-state index contributed by atoms with van der Waals surface area (Å²) in [4.78, 5) is 0. The molecule has 0 saturated heterocycles. The third kappa shape index (κ3) is 3.84. The number of nitrogens with two attached hydrogens (primary N) is 1. The molecule has 0 aromatic carbocycles. The number of hydrogen-bond acceptors (Lipinski definition) is 5. The second-order valence-electron chi connectivity index (χ2n) is 3.22. The average molecular weight is 264 g/mol. The topological polar surface area (TPSA) is 81.4 Å². The maximum Gasteiger partial charge on any atom is 0.250 e. The lowest BCUT2D eigenvalue weighted by Crippen LogP contribution is -2.24. The Morgan fingerprint density at radius 3 is 2.88 bits per heavy atom. The van der Waals surface area contributed by atoms with Crippen LogP contribution in [-0.4, -0.2) is 28.7 Å². The molecule has 92 valence electrons. The minimum absolute atomic E-state index is 0.311. The van der Waals surface area contributed by atoms with E-state index < -0.39 is 10.0 Å². The van der Waals surface area contributed by atoms with Crippen molar-refractivity contribution in [1.82, 2.24) is 4.72 Å². The van der Waals surface area contributed by atoms with E-state index in [9.17, 15) is 8.42 Å². The van der Waals surface area contributed by atoms with Gasteiger partial charge in [-0.3, -0.25) is 0 Å². The van der Waals surface area contributed by atoms with Gasteiger partial charge in [0.2, 0.25) is 10.0 Å². The van der Waals surface area contributed by atoms with Gasteiger partial charge in [-0.25, -0.2) is 13.1 Å². The second kappa shape index (κ2) is 6.31. The van der Waals surface area contributed by atoms with E-state index in [2.05, 4.69) is 4.72 Å². The average Bonchev–Trinajstić information content (AvgIpc) is 2.73. The standard InChI is InChI=1S/C9H16N2O3S2/c1-14-4-2-3-11-16(12,13)9-5-8(6-10)7-15-9/h5,7,11H,2-4,6,10H2,1H3. The smallest absolute Gasteiger partial charge is 0.250 e. The Morgan fingerprint density at radius 2 is 2.31 bits per heavy atom. The van der Waals surface area contributed by atoms with Gasteiger partial charge in [-0.2, -0.15) is 0 Å². The van der Waals surface area contributed by atoms with E-state index in [0.29, 0.717) is 30.3 Å². The molecule has 1 aromatic heterocycles. The Balaban J connectivity index is 2.56. The van der Waals surface area contributed by atoms with Gasteiger partial charge in [0.05, 0.1) is 0 Å². The maximum absolute atomic E-state index is 11.7. The fraction of sp³-hybridized carbons (Fsp3) is 0.556. The van der Waals surface area contributed by atoms with Crippen LogP contribution in [0.5, 0.6) is 0 Å². The predicted molar refractivity (Wildman–Crippen MR) is 63.9 cm³/mol. The highest BCUT2D eigenvalue weighted by Crippen LogP contribution is 2.19. The van der Waals surface area contributed by atoms with Crippen molar-refractivity contribution in [3.8, 4) is 0 Å². The number of rotatable bonds is 7. The number of hydrogen-bond donors (Lipinski definition) is 2. The molecule has 0 unspecified atom stereocenters. The molecule has 1 aromatic rings. The van der Waals surface area contributed by atoms with Gasteiger partial charge < -0.3 is 10.5 Å². The van der Waals surface area contributed by atoms with Crippen molar-refractivity contribution in [2.75, 3.05) is 20.3 Å². The van der Waals surface area contributed by atoms with E-state index in [0.717, 1.165) is 5.56 Å². The lowest BCUT2D eigenvalue weighted by atomic mass is 10.4. The largest absolute Gasteiger partial charge is 0.385 e. The predicted octanol–water partition coefficient (Wildman–Crippen LogP) is 0.522. The summed E-state index contributed by atoms with van der Waals surface area (Å²) < 4.78 is 31.1. The van der Waals surface area contributed by atoms with Crippen LogP contribution in [0.3, 0.4) is 0 Å². The first-order chi connectivity index (χ1) is 7.60. The summed E-state index contributed by atoms with van der Waals surface area (Å²) in [7, 11) is -1.79. The third-order valence-corrected chi connectivity index (χ3v) is 4.90. The van der Waals surface area contributed by atoms with Gasteiger partial charge in [0.25, 0.3) is 0 Å². The normalized spacial score (nSPS) is 11.9. The Bertz CT molecular complexity index is 414. The van der Waals surface area contributed by atoms with Crippen molar-refractivity contribution in [3.05, 3.63) is 17.0 Å². The lowest BCUT2D eigenvalue weighted by molar-refractivity contribution is 0.196. The minimum atomic E-state index is -3.37. The highest BCUT2D eigenvalue weighted by Gasteiger charge is 2.15. The Hall–Kier alpha value is -0.470. The monoisotopic (exact) mass is 264 g/mol. The SMILES string of the molecule is COCCCNS(=O)(=O)c1cc(CN)cs1. The van der Waals surface area contributed by atoms with E-state index in [-0.39, 0.29) is 0 Å². The van der Waals surface area contributed by atoms with E-state index in [1.165, 1.54) is 11.3 Å². The van der Waals surface area contributed by atoms with Crippen molar-refractivity contribution in [3.63, 3.8) is 0 Å². The highest BCUT2D eigenvalue weighted by atomic mass is 32.2. The van der Waals surface area contributed by atoms with Gasteiger partial charge in [-0.1, -0.05) is 0 Å². The number of methoxy groups -OCH3 is 1. The number of ether oxygens (including phenoxy) is 1. The molecule has 0 amide bonds. The third-order valence-electron chi connectivity index (χ3n) is 1.95. The zero-order valence-electron chi connectivity index (χ0n) is 9.10. The van der Waals surface area contributed by atoms with Crippen LogP contribution in [0, 0.1) is 0 Å². The molecule has 0 aliphatic rings. The van der Waals surface area contributed by atoms with Crippen LogP contribution in [0.2, 0.25) is 0 Å². The lowest BCUT2D eigenvalue weighted by Gasteiger charge is -2.03. The summed E-state index contributed by atoms with van der Waals surface area (Å²) in [5.74, 6) is 0. The Labute approximate surface area is 99.7 Å². The van der Waals surface area contributed by atoms with Crippen molar-refractivity contribution < 1.29 is 13.2 Å². The summed E-state index contributed by atoms with van der Waals surface area (Å²) >= 11 is 1.18. The van der Waals surface area contributed by atoms with Crippen molar-refractivity contribution in [2.24, 2.45) is 5.73 Å². The summed E-state index contributed by atoms with van der Waals surface area (Å²) in [6, 6.07) is 1.60. The number of sulfonamides is 1. The fourth-order valence-corrected chi connectivity index (χ4v) is 3.44. The van der Waals surface area contributed by atoms with Crippen LogP contribution in [0.15, 0.2) is 15.7 Å². The van der Waals surface area contributed by atoms with Crippen molar-refractivity contribution in [1.29, 1.82) is 0 Å². The van der Waals surface area contributed by atoms with Crippen LogP contribution in [0.1, 0.15) is 12.0 Å². The summed E-state index contributed by atoms with van der Waals surface area (Å²) in [6.07, 6.45) is 0.658. The molecule has 7 heteroatoms. The first-order valence-corrected chi connectivity index (χ1v) is 7.22. The van der Waals surface area contributed by atoms with Gasteiger partial charge in [0, 0.05) is 26.8 Å². The summed E-state index contributed by atoms with van der Waals surface area (Å²) in [5.41, 5.74) is 6.26. The molecule has 0 saturated carbocycles. The first-order valence-electron chi connectivity index (χ1n) is 4.86. The molecular weight excluding hydrogens is 248 g/mol. The molecular formula is C9H16N2O3S2.